The Morgan fingerprint density at radius 2 is 1.75 bits per heavy atom. The van der Waals surface area contributed by atoms with Gasteiger partial charge in [-0.05, 0) is 43.7 Å². The number of carbonyl (C=O) groups excluding carboxylic acids is 1. The van der Waals surface area contributed by atoms with Gasteiger partial charge in [-0.3, -0.25) is 4.79 Å². The Hall–Kier alpha value is -2.09. The molecule has 0 N–H and O–H groups in total. The largest absolute Gasteiger partial charge is 0.352 e. The van der Waals surface area contributed by atoms with Gasteiger partial charge in [0.15, 0.2) is 0 Å². The van der Waals surface area contributed by atoms with Crippen LogP contribution in [-0.2, 0) is 17.6 Å². The third-order valence-corrected chi connectivity index (χ3v) is 5.20. The Morgan fingerprint density at radius 1 is 1.12 bits per heavy atom. The molecule has 0 radical (unpaired) electrons. The smallest absolute Gasteiger partial charge is 0.225 e. The molecule has 2 aliphatic rings. The van der Waals surface area contributed by atoms with Crippen LogP contribution >= 0.6 is 0 Å². The van der Waals surface area contributed by atoms with E-state index in [1.165, 1.54) is 17.5 Å². The molecule has 0 atom stereocenters. The topological polar surface area (TPSA) is 60.2 Å². The van der Waals surface area contributed by atoms with Crippen molar-refractivity contribution in [2.75, 3.05) is 31.1 Å². The van der Waals surface area contributed by atoms with Crippen LogP contribution in [0.2, 0.25) is 0 Å². The average molecular weight is 326 g/mol. The molecule has 1 aliphatic heterocycles. The van der Waals surface area contributed by atoms with Gasteiger partial charge in [-0.25, -0.2) is 4.98 Å². The summed E-state index contributed by atoms with van der Waals surface area (Å²) in [4.78, 5) is 21.0. The van der Waals surface area contributed by atoms with E-state index in [4.69, 9.17) is 4.98 Å². The average Bonchev–Trinajstić information content (AvgIpc) is 2.61. The number of aryl methyl sites for hydroxylation is 1. The van der Waals surface area contributed by atoms with Crippen LogP contribution in [0, 0.1) is 24.2 Å². The second-order valence-corrected chi connectivity index (χ2v) is 7.14. The maximum atomic E-state index is 12.1. The third-order valence-electron chi connectivity index (χ3n) is 5.20. The van der Waals surface area contributed by atoms with Gasteiger partial charge in [0.25, 0.3) is 0 Å². The van der Waals surface area contributed by atoms with Gasteiger partial charge in [0.05, 0.1) is 5.56 Å². The van der Waals surface area contributed by atoms with Crippen molar-refractivity contribution in [3.63, 3.8) is 0 Å². The van der Waals surface area contributed by atoms with E-state index in [-0.39, 0.29) is 11.8 Å². The van der Waals surface area contributed by atoms with E-state index in [1.807, 2.05) is 18.7 Å². The number of hydrogen-bond donors (Lipinski definition) is 0. The van der Waals surface area contributed by atoms with Crippen LogP contribution in [0.25, 0.3) is 0 Å². The standard InChI is InChI=1S/C19H26N4O/c1-13(2)19(24)23-10-8-22(9-11-23)18-17(12-20)16-7-5-4-6-15(16)14(3)21-18/h13H,4-11H2,1-3H3. The van der Waals surface area contributed by atoms with Gasteiger partial charge >= 0.3 is 0 Å². The van der Waals surface area contributed by atoms with Gasteiger partial charge in [0.1, 0.15) is 11.9 Å². The van der Waals surface area contributed by atoms with Gasteiger partial charge in [0.2, 0.25) is 5.91 Å². The molecule has 0 saturated carbocycles. The number of fused-ring (bicyclic) bond motifs is 1. The molecule has 1 aromatic heterocycles. The molecule has 5 heteroatoms. The van der Waals surface area contributed by atoms with E-state index in [2.05, 4.69) is 17.9 Å². The number of nitrogens with zero attached hydrogens (tertiary/aromatic N) is 4. The molecule has 128 valence electrons. The van der Waals surface area contributed by atoms with E-state index in [0.29, 0.717) is 13.1 Å². The first kappa shape index (κ1) is 16.8. The number of anilines is 1. The second kappa shape index (κ2) is 6.80. The Morgan fingerprint density at radius 3 is 2.33 bits per heavy atom. The van der Waals surface area contributed by atoms with E-state index < -0.39 is 0 Å². The molecule has 1 aromatic rings. The summed E-state index contributed by atoms with van der Waals surface area (Å²) in [6, 6.07) is 2.42. The van der Waals surface area contributed by atoms with Crippen molar-refractivity contribution in [2.45, 2.75) is 46.5 Å². The molecule has 2 heterocycles. The number of hydrogen-bond acceptors (Lipinski definition) is 4. The van der Waals surface area contributed by atoms with Crippen LogP contribution in [0.15, 0.2) is 0 Å². The normalized spacial score (nSPS) is 17.6. The zero-order valence-electron chi connectivity index (χ0n) is 14.9. The predicted molar refractivity (Wildman–Crippen MR) is 94.0 cm³/mol. The van der Waals surface area contributed by atoms with Gasteiger partial charge in [-0.2, -0.15) is 5.26 Å². The number of nitriles is 1. The summed E-state index contributed by atoms with van der Waals surface area (Å²) in [5.41, 5.74) is 4.33. The molecule has 3 rings (SSSR count). The monoisotopic (exact) mass is 326 g/mol. The summed E-state index contributed by atoms with van der Waals surface area (Å²) in [5.74, 6) is 1.08. The summed E-state index contributed by atoms with van der Waals surface area (Å²) >= 11 is 0. The van der Waals surface area contributed by atoms with Gasteiger partial charge in [0, 0.05) is 37.8 Å². The van der Waals surface area contributed by atoms with E-state index >= 15 is 0 Å². The number of piperazine rings is 1. The molecule has 1 saturated heterocycles. The summed E-state index contributed by atoms with van der Waals surface area (Å²) in [5, 5.41) is 9.73. The van der Waals surface area contributed by atoms with Crippen LogP contribution in [-0.4, -0.2) is 42.0 Å². The minimum absolute atomic E-state index is 0.0373. The molecule has 24 heavy (non-hydrogen) atoms. The first-order chi connectivity index (χ1) is 11.5. The lowest BCUT2D eigenvalue weighted by atomic mass is 9.88. The van der Waals surface area contributed by atoms with Gasteiger partial charge < -0.3 is 9.80 Å². The molecular formula is C19H26N4O. The highest BCUT2D eigenvalue weighted by atomic mass is 16.2. The van der Waals surface area contributed by atoms with Crippen molar-refractivity contribution in [2.24, 2.45) is 5.92 Å². The lowest BCUT2D eigenvalue weighted by Gasteiger charge is -2.37. The first-order valence-electron chi connectivity index (χ1n) is 8.99. The fraction of sp³-hybridized carbons (Fsp3) is 0.632. The van der Waals surface area contributed by atoms with Gasteiger partial charge in [-0.1, -0.05) is 13.8 Å². The van der Waals surface area contributed by atoms with Crippen molar-refractivity contribution < 1.29 is 4.79 Å². The van der Waals surface area contributed by atoms with Gasteiger partial charge in [-0.15, -0.1) is 0 Å². The van der Waals surface area contributed by atoms with Crippen molar-refractivity contribution >= 4 is 11.7 Å². The lowest BCUT2D eigenvalue weighted by Crippen LogP contribution is -2.50. The summed E-state index contributed by atoms with van der Waals surface area (Å²) in [6.07, 6.45) is 4.37. The molecule has 0 aromatic carbocycles. The van der Waals surface area contributed by atoms with E-state index in [1.54, 1.807) is 0 Å². The summed E-state index contributed by atoms with van der Waals surface area (Å²) < 4.78 is 0. The highest BCUT2D eigenvalue weighted by Gasteiger charge is 2.27. The van der Waals surface area contributed by atoms with E-state index in [9.17, 15) is 10.1 Å². The molecule has 0 spiro atoms. The minimum atomic E-state index is 0.0373. The molecular weight excluding hydrogens is 300 g/mol. The fourth-order valence-electron chi connectivity index (χ4n) is 3.85. The van der Waals surface area contributed by atoms with Crippen LogP contribution in [0.4, 0.5) is 5.82 Å². The Bertz CT molecular complexity index is 682. The number of amides is 1. The number of aromatic nitrogens is 1. The highest BCUT2D eigenvalue weighted by molar-refractivity contribution is 5.78. The quantitative estimate of drug-likeness (QED) is 0.837. The van der Waals surface area contributed by atoms with Crippen LogP contribution in [0.1, 0.15) is 49.1 Å². The Labute approximate surface area is 144 Å². The number of carbonyl (C=O) groups is 1. The molecule has 1 fully saturated rings. The van der Waals surface area contributed by atoms with E-state index in [0.717, 1.165) is 49.4 Å². The highest BCUT2D eigenvalue weighted by Crippen LogP contribution is 2.32. The summed E-state index contributed by atoms with van der Waals surface area (Å²) in [7, 11) is 0. The number of pyridine rings is 1. The Balaban J connectivity index is 1.85. The molecule has 1 aliphatic carbocycles. The van der Waals surface area contributed by atoms with Crippen LogP contribution < -0.4 is 4.90 Å². The maximum Gasteiger partial charge on any atom is 0.225 e. The SMILES string of the molecule is Cc1nc(N2CCN(C(=O)C(C)C)CC2)c(C#N)c2c1CCCC2. The number of rotatable bonds is 2. The summed E-state index contributed by atoms with van der Waals surface area (Å²) in [6.45, 7) is 8.86. The fourth-order valence-corrected chi connectivity index (χ4v) is 3.85. The lowest BCUT2D eigenvalue weighted by molar-refractivity contribution is -0.134. The third kappa shape index (κ3) is 2.98. The second-order valence-electron chi connectivity index (χ2n) is 7.14. The zero-order valence-corrected chi connectivity index (χ0v) is 14.9. The minimum Gasteiger partial charge on any atom is -0.352 e. The van der Waals surface area contributed by atoms with Crippen molar-refractivity contribution in [3.05, 3.63) is 22.4 Å². The molecule has 0 unspecified atom stereocenters. The maximum absolute atomic E-state index is 12.1. The van der Waals surface area contributed by atoms with Crippen LogP contribution in [0.5, 0.6) is 0 Å². The molecule has 1 amide bonds. The predicted octanol–water partition coefficient (Wildman–Crippen LogP) is 2.45. The van der Waals surface area contributed by atoms with Crippen molar-refractivity contribution in [1.82, 2.24) is 9.88 Å². The zero-order chi connectivity index (χ0) is 17.3. The molecule has 0 bridgehead atoms. The van der Waals surface area contributed by atoms with Crippen molar-refractivity contribution in [1.29, 1.82) is 5.26 Å². The molecule has 5 nitrogen and oxygen atoms in total. The first-order valence-corrected chi connectivity index (χ1v) is 8.99. The Kier molecular flexibility index (Phi) is 4.75. The van der Waals surface area contributed by atoms with Crippen molar-refractivity contribution in [3.8, 4) is 6.07 Å². The van der Waals surface area contributed by atoms with Crippen LogP contribution in [0.3, 0.4) is 0 Å².